The van der Waals surface area contributed by atoms with Crippen LogP contribution in [0, 0.1) is 6.92 Å². The average molecular weight is 289 g/mol. The number of unbranched alkanes of at least 4 members (excludes halogenated alkanes) is 1. The molecule has 90 valence electrons. The topological polar surface area (TPSA) is 46.3 Å². The van der Waals surface area contributed by atoms with Gasteiger partial charge >= 0.3 is 0 Å². The minimum Gasteiger partial charge on any atom is -0.361 e. The first kappa shape index (κ1) is 13.2. The van der Waals surface area contributed by atoms with Crippen LogP contribution in [0.4, 0.5) is 0 Å². The molecule has 5 heteroatoms. The summed E-state index contributed by atoms with van der Waals surface area (Å²) in [5.74, 6) is 0.613. The molecule has 0 radical (unpaired) electrons. The molecule has 1 aromatic heterocycles. The number of nitrogens with zero attached hydrogens (tertiary/aromatic N) is 2. The molecule has 0 fully saturated rings. The summed E-state index contributed by atoms with van der Waals surface area (Å²) in [4.78, 5) is 13.8. The van der Waals surface area contributed by atoms with Crippen molar-refractivity contribution in [2.24, 2.45) is 0 Å². The molecule has 4 nitrogen and oxygen atoms in total. The Balaban J connectivity index is 2.66. The van der Waals surface area contributed by atoms with E-state index in [2.05, 4.69) is 28.0 Å². The number of aromatic nitrogens is 1. The largest absolute Gasteiger partial charge is 0.361 e. The van der Waals surface area contributed by atoms with Crippen molar-refractivity contribution in [1.29, 1.82) is 0 Å². The van der Waals surface area contributed by atoms with Crippen LogP contribution in [-0.4, -0.2) is 34.4 Å². The molecule has 1 rings (SSSR count). The third-order valence-corrected chi connectivity index (χ3v) is 2.62. The van der Waals surface area contributed by atoms with Crippen LogP contribution in [0.5, 0.6) is 0 Å². The summed E-state index contributed by atoms with van der Waals surface area (Å²) in [6, 6.07) is 1.68. The Bertz CT molecular complexity index is 338. The van der Waals surface area contributed by atoms with E-state index in [1.165, 1.54) is 0 Å². The number of carbonyl (C=O) groups excluding carboxylic acids is 1. The fraction of sp³-hybridized carbons (Fsp3) is 0.636. The van der Waals surface area contributed by atoms with Crippen LogP contribution in [0.3, 0.4) is 0 Å². The van der Waals surface area contributed by atoms with Crippen LogP contribution in [0.25, 0.3) is 0 Å². The van der Waals surface area contributed by atoms with E-state index < -0.39 is 0 Å². The molecule has 0 aliphatic heterocycles. The van der Waals surface area contributed by atoms with Crippen molar-refractivity contribution in [1.82, 2.24) is 10.1 Å². The van der Waals surface area contributed by atoms with E-state index in [0.717, 1.165) is 24.7 Å². The number of halogens is 1. The lowest BCUT2D eigenvalue weighted by Gasteiger charge is -2.19. The highest BCUT2D eigenvalue weighted by molar-refractivity contribution is 9.09. The molecule has 0 atom stereocenters. The highest BCUT2D eigenvalue weighted by Gasteiger charge is 2.18. The van der Waals surface area contributed by atoms with Crippen molar-refractivity contribution < 1.29 is 9.32 Å². The summed E-state index contributed by atoms with van der Waals surface area (Å²) in [5, 5.41) is 4.52. The third kappa shape index (κ3) is 3.63. The minimum absolute atomic E-state index is 0.0512. The zero-order chi connectivity index (χ0) is 12.0. The van der Waals surface area contributed by atoms with Gasteiger partial charge in [-0.3, -0.25) is 4.79 Å². The molecule has 0 bridgehead atoms. The zero-order valence-electron chi connectivity index (χ0n) is 9.70. The van der Waals surface area contributed by atoms with Gasteiger partial charge < -0.3 is 9.42 Å². The summed E-state index contributed by atoms with van der Waals surface area (Å²) in [6.07, 6.45) is 2.08. The average Bonchev–Trinajstić information content (AvgIpc) is 2.70. The predicted molar refractivity (Wildman–Crippen MR) is 65.8 cm³/mol. The second-order valence-corrected chi connectivity index (χ2v) is 4.45. The molecular weight excluding hydrogens is 272 g/mol. The molecule has 1 heterocycles. The molecule has 0 saturated carbocycles. The van der Waals surface area contributed by atoms with Gasteiger partial charge in [-0.1, -0.05) is 34.4 Å². The van der Waals surface area contributed by atoms with E-state index in [9.17, 15) is 4.79 Å². The number of aryl methyl sites for hydroxylation is 1. The number of hydrogen-bond donors (Lipinski definition) is 0. The Labute approximate surface area is 104 Å². The molecule has 0 unspecified atom stereocenters. The number of hydrogen-bond acceptors (Lipinski definition) is 3. The van der Waals surface area contributed by atoms with Crippen LogP contribution < -0.4 is 0 Å². The van der Waals surface area contributed by atoms with E-state index >= 15 is 0 Å². The van der Waals surface area contributed by atoms with Gasteiger partial charge in [0.15, 0.2) is 5.69 Å². The van der Waals surface area contributed by atoms with E-state index in [4.69, 9.17) is 4.52 Å². The summed E-state index contributed by atoms with van der Waals surface area (Å²) in [7, 11) is 0. The van der Waals surface area contributed by atoms with E-state index in [1.807, 2.05) is 0 Å². The first-order chi connectivity index (χ1) is 7.69. The molecule has 0 aliphatic rings. The summed E-state index contributed by atoms with van der Waals surface area (Å²) in [5.41, 5.74) is 0.398. The molecule has 0 spiro atoms. The standard InChI is InChI=1S/C11H17BrN2O2/c1-3-4-6-14(7-5-12)11(15)10-8-9(2)16-13-10/h8H,3-7H2,1-2H3. The van der Waals surface area contributed by atoms with Gasteiger partial charge in [0.25, 0.3) is 5.91 Å². The van der Waals surface area contributed by atoms with Gasteiger partial charge in [0.05, 0.1) is 0 Å². The maximum absolute atomic E-state index is 12.0. The van der Waals surface area contributed by atoms with Crippen molar-refractivity contribution in [3.63, 3.8) is 0 Å². The van der Waals surface area contributed by atoms with Crippen molar-refractivity contribution in [2.75, 3.05) is 18.4 Å². The summed E-state index contributed by atoms with van der Waals surface area (Å²) < 4.78 is 4.91. The fourth-order valence-electron chi connectivity index (χ4n) is 1.40. The third-order valence-electron chi connectivity index (χ3n) is 2.27. The van der Waals surface area contributed by atoms with Crippen molar-refractivity contribution in [3.8, 4) is 0 Å². The molecule has 0 aromatic carbocycles. The van der Waals surface area contributed by atoms with Crippen LogP contribution in [0.1, 0.15) is 36.0 Å². The van der Waals surface area contributed by atoms with Gasteiger partial charge in [-0.25, -0.2) is 0 Å². The van der Waals surface area contributed by atoms with Crippen LogP contribution in [-0.2, 0) is 0 Å². The van der Waals surface area contributed by atoms with E-state index in [1.54, 1.807) is 17.9 Å². The normalized spacial score (nSPS) is 10.4. The van der Waals surface area contributed by atoms with E-state index in [0.29, 0.717) is 18.0 Å². The predicted octanol–water partition coefficient (Wildman–Crippen LogP) is 2.62. The highest BCUT2D eigenvalue weighted by atomic mass is 79.9. The Morgan fingerprint density at radius 1 is 1.56 bits per heavy atom. The summed E-state index contributed by atoms with van der Waals surface area (Å²) in [6.45, 7) is 5.36. The molecule has 0 saturated heterocycles. The van der Waals surface area contributed by atoms with Gasteiger partial charge in [-0.05, 0) is 13.3 Å². The first-order valence-corrected chi connectivity index (χ1v) is 6.59. The molecule has 1 amide bonds. The second kappa shape index (κ2) is 6.68. The minimum atomic E-state index is -0.0512. The smallest absolute Gasteiger partial charge is 0.276 e. The Kier molecular flexibility index (Phi) is 5.52. The Hall–Kier alpha value is -0.840. The highest BCUT2D eigenvalue weighted by Crippen LogP contribution is 2.07. The second-order valence-electron chi connectivity index (χ2n) is 3.66. The molecule has 0 N–H and O–H groups in total. The van der Waals surface area contributed by atoms with Crippen molar-refractivity contribution >= 4 is 21.8 Å². The molecule has 1 aromatic rings. The van der Waals surface area contributed by atoms with Crippen molar-refractivity contribution in [2.45, 2.75) is 26.7 Å². The monoisotopic (exact) mass is 288 g/mol. The van der Waals surface area contributed by atoms with Crippen LogP contribution in [0.15, 0.2) is 10.6 Å². The van der Waals surface area contributed by atoms with E-state index in [-0.39, 0.29) is 5.91 Å². The maximum atomic E-state index is 12.0. The Morgan fingerprint density at radius 2 is 2.31 bits per heavy atom. The van der Waals surface area contributed by atoms with Crippen LogP contribution in [0.2, 0.25) is 0 Å². The lowest BCUT2D eigenvalue weighted by molar-refractivity contribution is 0.0754. The van der Waals surface area contributed by atoms with Gasteiger partial charge in [-0.2, -0.15) is 0 Å². The zero-order valence-corrected chi connectivity index (χ0v) is 11.3. The number of amides is 1. The lowest BCUT2D eigenvalue weighted by Crippen LogP contribution is -2.33. The molecule has 0 aliphatic carbocycles. The molecular formula is C11H17BrN2O2. The number of alkyl halides is 1. The number of carbonyl (C=O) groups is 1. The number of rotatable bonds is 6. The fourth-order valence-corrected chi connectivity index (χ4v) is 1.82. The maximum Gasteiger partial charge on any atom is 0.276 e. The van der Waals surface area contributed by atoms with Crippen molar-refractivity contribution in [3.05, 3.63) is 17.5 Å². The quantitative estimate of drug-likeness (QED) is 0.756. The van der Waals surface area contributed by atoms with Gasteiger partial charge in [0.1, 0.15) is 5.76 Å². The van der Waals surface area contributed by atoms with Gasteiger partial charge in [0, 0.05) is 24.5 Å². The molecule has 16 heavy (non-hydrogen) atoms. The van der Waals surface area contributed by atoms with Gasteiger partial charge in [0.2, 0.25) is 0 Å². The summed E-state index contributed by atoms with van der Waals surface area (Å²) >= 11 is 3.35. The lowest BCUT2D eigenvalue weighted by atomic mass is 10.3. The van der Waals surface area contributed by atoms with Crippen LogP contribution >= 0.6 is 15.9 Å². The van der Waals surface area contributed by atoms with Gasteiger partial charge in [-0.15, -0.1) is 0 Å². The first-order valence-electron chi connectivity index (χ1n) is 5.47. The Morgan fingerprint density at radius 3 is 2.81 bits per heavy atom. The SMILES string of the molecule is CCCCN(CCBr)C(=O)c1cc(C)on1.